The van der Waals surface area contributed by atoms with Crippen LogP contribution in [0.4, 0.5) is 10.1 Å². The summed E-state index contributed by atoms with van der Waals surface area (Å²) in [5.41, 5.74) is 11.0. The normalized spacial score (nSPS) is 16.0. The van der Waals surface area contributed by atoms with Crippen LogP contribution in [0.1, 0.15) is 29.6 Å². The van der Waals surface area contributed by atoms with Crippen LogP contribution < -0.4 is 11.5 Å². The fourth-order valence-corrected chi connectivity index (χ4v) is 3.01. The van der Waals surface area contributed by atoms with Gasteiger partial charge in [0.1, 0.15) is 5.82 Å². The quantitative estimate of drug-likeness (QED) is 0.809. The molecule has 1 aromatic carbocycles. The Bertz CT molecular complexity index is 572. The lowest BCUT2D eigenvalue weighted by atomic mass is 9.93. The molecular formula is C14H17BrFN3O2. The Morgan fingerprint density at radius 3 is 2.52 bits per heavy atom. The van der Waals surface area contributed by atoms with Gasteiger partial charge in [-0.15, -0.1) is 0 Å². The molecule has 1 aliphatic heterocycles. The zero-order chi connectivity index (χ0) is 15.6. The van der Waals surface area contributed by atoms with Crippen molar-refractivity contribution in [2.45, 2.75) is 19.3 Å². The number of hydrogen-bond donors (Lipinski definition) is 2. The van der Waals surface area contributed by atoms with Crippen LogP contribution in [-0.2, 0) is 4.79 Å². The SMILES string of the molecule is NC(=O)CC1CCN(C(=O)c2cc(N)c(F)cc2Br)CC1. The van der Waals surface area contributed by atoms with Crippen LogP contribution in [0.3, 0.4) is 0 Å². The summed E-state index contributed by atoms with van der Waals surface area (Å²) in [6.07, 6.45) is 1.83. The number of benzene rings is 1. The van der Waals surface area contributed by atoms with E-state index >= 15 is 0 Å². The summed E-state index contributed by atoms with van der Waals surface area (Å²) in [5, 5.41) is 0. The Kier molecular flexibility index (Phi) is 4.82. The van der Waals surface area contributed by atoms with Crippen molar-refractivity contribution in [1.29, 1.82) is 0 Å². The highest BCUT2D eigenvalue weighted by Crippen LogP contribution is 2.27. The van der Waals surface area contributed by atoms with Crippen molar-refractivity contribution in [3.8, 4) is 0 Å². The summed E-state index contributed by atoms with van der Waals surface area (Å²) in [6, 6.07) is 2.54. The molecule has 2 rings (SSSR count). The number of primary amides is 1. The topological polar surface area (TPSA) is 89.4 Å². The first-order valence-electron chi connectivity index (χ1n) is 6.70. The molecule has 4 N–H and O–H groups in total. The summed E-state index contributed by atoms with van der Waals surface area (Å²) >= 11 is 3.19. The average molecular weight is 358 g/mol. The van der Waals surface area contributed by atoms with Gasteiger partial charge in [0, 0.05) is 24.0 Å². The number of amides is 2. The van der Waals surface area contributed by atoms with Gasteiger partial charge in [-0.3, -0.25) is 9.59 Å². The molecule has 0 bridgehead atoms. The van der Waals surface area contributed by atoms with Crippen molar-refractivity contribution in [3.63, 3.8) is 0 Å². The second-order valence-corrected chi connectivity index (χ2v) is 6.11. The van der Waals surface area contributed by atoms with E-state index in [0.717, 1.165) is 12.8 Å². The number of carbonyl (C=O) groups is 2. The molecule has 0 unspecified atom stereocenters. The number of piperidine rings is 1. The number of halogens is 2. The van der Waals surface area contributed by atoms with Gasteiger partial charge in [0.15, 0.2) is 0 Å². The second-order valence-electron chi connectivity index (χ2n) is 5.26. The summed E-state index contributed by atoms with van der Waals surface area (Å²) in [6.45, 7) is 1.11. The zero-order valence-electron chi connectivity index (χ0n) is 11.4. The van der Waals surface area contributed by atoms with Crippen molar-refractivity contribution < 1.29 is 14.0 Å². The van der Waals surface area contributed by atoms with Gasteiger partial charge in [-0.25, -0.2) is 4.39 Å². The maximum absolute atomic E-state index is 13.3. The lowest BCUT2D eigenvalue weighted by Gasteiger charge is -2.31. The molecule has 1 aromatic rings. The summed E-state index contributed by atoms with van der Waals surface area (Å²) in [4.78, 5) is 25.0. The van der Waals surface area contributed by atoms with Crippen molar-refractivity contribution in [2.24, 2.45) is 11.7 Å². The van der Waals surface area contributed by atoms with E-state index < -0.39 is 5.82 Å². The number of nitrogens with zero attached hydrogens (tertiary/aromatic N) is 1. The molecule has 2 amide bonds. The first-order chi connectivity index (χ1) is 9.88. The van der Waals surface area contributed by atoms with Gasteiger partial charge in [0.2, 0.25) is 5.91 Å². The molecular weight excluding hydrogens is 341 g/mol. The monoisotopic (exact) mass is 357 g/mol. The molecule has 0 atom stereocenters. The molecule has 1 saturated heterocycles. The van der Waals surface area contributed by atoms with E-state index in [2.05, 4.69) is 15.9 Å². The van der Waals surface area contributed by atoms with Crippen LogP contribution in [0.2, 0.25) is 0 Å². The zero-order valence-corrected chi connectivity index (χ0v) is 13.0. The Morgan fingerprint density at radius 2 is 1.95 bits per heavy atom. The Morgan fingerprint density at radius 1 is 1.33 bits per heavy atom. The minimum atomic E-state index is -0.557. The fraction of sp³-hybridized carbons (Fsp3) is 0.429. The molecule has 21 heavy (non-hydrogen) atoms. The fourth-order valence-electron chi connectivity index (χ4n) is 2.52. The van der Waals surface area contributed by atoms with Crippen LogP contribution >= 0.6 is 15.9 Å². The number of anilines is 1. The van der Waals surface area contributed by atoms with Crippen molar-refractivity contribution in [1.82, 2.24) is 4.90 Å². The van der Waals surface area contributed by atoms with Crippen LogP contribution in [0.15, 0.2) is 16.6 Å². The maximum atomic E-state index is 13.3. The molecule has 0 radical (unpaired) electrons. The third-order valence-corrected chi connectivity index (χ3v) is 4.36. The standard InChI is InChI=1S/C14H17BrFN3O2/c15-10-7-11(16)12(17)6-9(10)14(21)19-3-1-8(2-4-19)5-13(18)20/h6-8H,1-5,17H2,(H2,18,20). The number of nitrogens with two attached hydrogens (primary N) is 2. The molecule has 7 heteroatoms. The number of rotatable bonds is 3. The van der Waals surface area contributed by atoms with E-state index in [-0.39, 0.29) is 23.4 Å². The summed E-state index contributed by atoms with van der Waals surface area (Å²) < 4.78 is 13.7. The average Bonchev–Trinajstić information content (AvgIpc) is 2.42. The lowest BCUT2D eigenvalue weighted by molar-refractivity contribution is -0.119. The number of hydrogen-bond acceptors (Lipinski definition) is 3. The van der Waals surface area contributed by atoms with Crippen LogP contribution in [0.25, 0.3) is 0 Å². The van der Waals surface area contributed by atoms with E-state index in [1.165, 1.54) is 12.1 Å². The van der Waals surface area contributed by atoms with Crippen molar-refractivity contribution >= 4 is 33.4 Å². The van der Waals surface area contributed by atoms with Crippen LogP contribution in [0, 0.1) is 11.7 Å². The number of carbonyl (C=O) groups excluding carboxylic acids is 2. The molecule has 5 nitrogen and oxygen atoms in total. The predicted octanol–water partition coefficient (Wildman–Crippen LogP) is 1.90. The van der Waals surface area contributed by atoms with Gasteiger partial charge in [-0.2, -0.15) is 0 Å². The van der Waals surface area contributed by atoms with E-state index in [1.54, 1.807) is 4.90 Å². The van der Waals surface area contributed by atoms with Gasteiger partial charge < -0.3 is 16.4 Å². The Balaban J connectivity index is 2.05. The molecule has 114 valence electrons. The first-order valence-corrected chi connectivity index (χ1v) is 7.50. The molecule has 0 spiro atoms. The molecule has 1 aliphatic rings. The number of nitrogen functional groups attached to an aromatic ring is 1. The van der Waals surface area contributed by atoms with Crippen LogP contribution in [-0.4, -0.2) is 29.8 Å². The predicted molar refractivity (Wildman–Crippen MR) is 81.0 cm³/mol. The molecule has 0 aliphatic carbocycles. The van der Waals surface area contributed by atoms with E-state index in [1.807, 2.05) is 0 Å². The third-order valence-electron chi connectivity index (χ3n) is 3.71. The smallest absolute Gasteiger partial charge is 0.255 e. The molecule has 0 aromatic heterocycles. The van der Waals surface area contributed by atoms with Gasteiger partial charge >= 0.3 is 0 Å². The largest absolute Gasteiger partial charge is 0.396 e. The highest BCUT2D eigenvalue weighted by molar-refractivity contribution is 9.10. The van der Waals surface area contributed by atoms with Crippen molar-refractivity contribution in [2.75, 3.05) is 18.8 Å². The van der Waals surface area contributed by atoms with E-state index in [4.69, 9.17) is 11.5 Å². The minimum absolute atomic E-state index is 0.0508. The van der Waals surface area contributed by atoms with Gasteiger partial charge in [0.25, 0.3) is 5.91 Å². The van der Waals surface area contributed by atoms with Gasteiger partial charge in [-0.05, 0) is 46.8 Å². The molecule has 1 heterocycles. The summed E-state index contributed by atoms with van der Waals surface area (Å²) in [5.74, 6) is -0.827. The van der Waals surface area contributed by atoms with Gasteiger partial charge in [-0.1, -0.05) is 0 Å². The van der Waals surface area contributed by atoms with E-state index in [0.29, 0.717) is 29.5 Å². The second kappa shape index (κ2) is 6.43. The third kappa shape index (κ3) is 3.72. The molecule has 0 saturated carbocycles. The number of likely N-dealkylation sites (tertiary alicyclic amines) is 1. The Hall–Kier alpha value is -1.63. The lowest BCUT2D eigenvalue weighted by Crippen LogP contribution is -2.39. The highest BCUT2D eigenvalue weighted by Gasteiger charge is 2.26. The van der Waals surface area contributed by atoms with Crippen molar-refractivity contribution in [3.05, 3.63) is 28.0 Å². The molecule has 1 fully saturated rings. The minimum Gasteiger partial charge on any atom is -0.396 e. The van der Waals surface area contributed by atoms with Gasteiger partial charge in [0.05, 0.1) is 11.3 Å². The maximum Gasteiger partial charge on any atom is 0.255 e. The highest BCUT2D eigenvalue weighted by atomic mass is 79.9. The first kappa shape index (κ1) is 15.8. The Labute approximate surface area is 130 Å². The van der Waals surface area contributed by atoms with E-state index in [9.17, 15) is 14.0 Å². The summed E-state index contributed by atoms with van der Waals surface area (Å²) in [7, 11) is 0. The van der Waals surface area contributed by atoms with Crippen LogP contribution in [0.5, 0.6) is 0 Å².